The molecule has 68 valence electrons. The molecule has 0 spiro atoms. The molecule has 1 rings (SSSR count). The van der Waals surface area contributed by atoms with Gasteiger partial charge in [-0.3, -0.25) is 4.79 Å². The first-order valence-electron chi connectivity index (χ1n) is 3.90. The first-order valence-corrected chi connectivity index (χ1v) is 3.90. The summed E-state index contributed by atoms with van der Waals surface area (Å²) in [4.78, 5) is 21.1. The van der Waals surface area contributed by atoms with Gasteiger partial charge in [-0.1, -0.05) is 0 Å². The summed E-state index contributed by atoms with van der Waals surface area (Å²) < 4.78 is 9.67. The Labute approximate surface area is 70.8 Å². The second-order valence-corrected chi connectivity index (χ2v) is 2.87. The summed E-state index contributed by atoms with van der Waals surface area (Å²) in [7, 11) is 1.34. The van der Waals surface area contributed by atoms with Gasteiger partial charge < -0.3 is 14.3 Å². The van der Waals surface area contributed by atoms with Gasteiger partial charge >= 0.3 is 5.97 Å². The Balaban J connectivity index is 2.27. The zero-order chi connectivity index (χ0) is 8.97. The number of hydrogen-bond donors (Lipinski definition) is 0. The Morgan fingerprint density at radius 1 is 1.75 bits per heavy atom. The van der Waals surface area contributed by atoms with Gasteiger partial charge in [-0.05, 0) is 6.42 Å². The van der Waals surface area contributed by atoms with Crippen LogP contribution in [0.15, 0.2) is 0 Å². The van der Waals surface area contributed by atoms with Gasteiger partial charge in [0.1, 0.15) is 6.29 Å². The van der Waals surface area contributed by atoms with Crippen molar-refractivity contribution in [2.24, 2.45) is 5.92 Å². The second-order valence-electron chi connectivity index (χ2n) is 2.87. The van der Waals surface area contributed by atoms with E-state index >= 15 is 0 Å². The maximum absolute atomic E-state index is 10.8. The van der Waals surface area contributed by atoms with Gasteiger partial charge in [0.2, 0.25) is 0 Å². The number of methoxy groups -OCH3 is 1. The Morgan fingerprint density at radius 3 is 3.00 bits per heavy atom. The number of carbonyl (C=O) groups is 2. The number of carbonyl (C=O) groups excluding carboxylic acids is 2. The number of aldehydes is 1. The molecule has 2 unspecified atom stereocenters. The minimum absolute atomic E-state index is 0.0420. The lowest BCUT2D eigenvalue weighted by Gasteiger charge is -2.05. The van der Waals surface area contributed by atoms with E-state index in [1.165, 1.54) is 7.11 Å². The summed E-state index contributed by atoms with van der Waals surface area (Å²) >= 11 is 0. The monoisotopic (exact) mass is 172 g/mol. The third kappa shape index (κ3) is 2.30. The largest absolute Gasteiger partial charge is 0.469 e. The summed E-state index contributed by atoms with van der Waals surface area (Å²) in [5.41, 5.74) is 0. The van der Waals surface area contributed by atoms with Crippen molar-refractivity contribution in [2.75, 3.05) is 13.7 Å². The molecule has 0 radical (unpaired) electrons. The molecule has 0 aromatic carbocycles. The van der Waals surface area contributed by atoms with Crippen LogP contribution in [-0.4, -0.2) is 32.1 Å². The zero-order valence-electron chi connectivity index (χ0n) is 6.99. The zero-order valence-corrected chi connectivity index (χ0v) is 6.99. The molecule has 12 heavy (non-hydrogen) atoms. The van der Waals surface area contributed by atoms with Gasteiger partial charge in [0.25, 0.3) is 0 Å². The Hall–Kier alpha value is -0.900. The van der Waals surface area contributed by atoms with Gasteiger partial charge in [0.15, 0.2) is 0 Å². The normalized spacial score (nSPS) is 28.4. The maximum atomic E-state index is 10.8. The van der Waals surface area contributed by atoms with Crippen molar-refractivity contribution in [1.82, 2.24) is 0 Å². The van der Waals surface area contributed by atoms with Crippen molar-refractivity contribution in [3.05, 3.63) is 0 Å². The van der Waals surface area contributed by atoms with Gasteiger partial charge in [-0.25, -0.2) is 0 Å². The molecule has 1 fully saturated rings. The molecular weight excluding hydrogens is 160 g/mol. The molecule has 0 aliphatic carbocycles. The van der Waals surface area contributed by atoms with Crippen LogP contribution in [-0.2, 0) is 19.1 Å². The van der Waals surface area contributed by atoms with Crippen LogP contribution in [0.3, 0.4) is 0 Å². The molecule has 0 aromatic rings. The van der Waals surface area contributed by atoms with Crippen LogP contribution < -0.4 is 0 Å². The van der Waals surface area contributed by atoms with Gasteiger partial charge in [-0.15, -0.1) is 0 Å². The first-order chi connectivity index (χ1) is 5.76. The number of rotatable bonds is 3. The molecule has 4 heteroatoms. The molecule has 1 aliphatic rings. The van der Waals surface area contributed by atoms with E-state index in [4.69, 9.17) is 4.74 Å². The van der Waals surface area contributed by atoms with Crippen LogP contribution in [0.2, 0.25) is 0 Å². The fourth-order valence-electron chi connectivity index (χ4n) is 1.24. The quantitative estimate of drug-likeness (QED) is 0.449. The van der Waals surface area contributed by atoms with Crippen LogP contribution in [0, 0.1) is 5.92 Å². The van der Waals surface area contributed by atoms with Crippen LogP contribution >= 0.6 is 0 Å². The van der Waals surface area contributed by atoms with Crippen molar-refractivity contribution in [1.29, 1.82) is 0 Å². The third-order valence-corrected chi connectivity index (χ3v) is 1.93. The average molecular weight is 172 g/mol. The lowest BCUT2D eigenvalue weighted by atomic mass is 10.1. The summed E-state index contributed by atoms with van der Waals surface area (Å²) in [5.74, 6) is -0.328. The Kier molecular flexibility index (Phi) is 3.22. The molecule has 1 saturated heterocycles. The predicted octanol–water partition coefficient (Wildman–Crippen LogP) is 0.153. The number of hydrogen-bond acceptors (Lipinski definition) is 4. The average Bonchev–Trinajstić information content (AvgIpc) is 2.52. The molecule has 0 N–H and O–H groups in total. The summed E-state index contributed by atoms with van der Waals surface area (Å²) in [6.45, 7) is 0.436. The highest BCUT2D eigenvalue weighted by Crippen LogP contribution is 2.20. The maximum Gasteiger partial charge on any atom is 0.308 e. The Morgan fingerprint density at radius 2 is 2.50 bits per heavy atom. The molecule has 4 nitrogen and oxygen atoms in total. The van der Waals surface area contributed by atoms with E-state index in [0.29, 0.717) is 13.0 Å². The van der Waals surface area contributed by atoms with E-state index in [-0.39, 0.29) is 24.4 Å². The summed E-state index contributed by atoms with van der Waals surface area (Å²) in [6, 6.07) is 0. The lowest BCUT2D eigenvalue weighted by molar-refractivity contribution is -0.143. The predicted molar refractivity (Wildman–Crippen MR) is 40.5 cm³/mol. The van der Waals surface area contributed by atoms with E-state index in [0.717, 1.165) is 6.29 Å². The van der Waals surface area contributed by atoms with Crippen LogP contribution in [0.5, 0.6) is 0 Å². The SMILES string of the molecule is COC(=O)CC1CC(C=O)CO1. The van der Waals surface area contributed by atoms with E-state index in [2.05, 4.69) is 4.74 Å². The van der Waals surface area contributed by atoms with Crippen molar-refractivity contribution in [3.63, 3.8) is 0 Å². The molecule has 0 amide bonds. The lowest BCUT2D eigenvalue weighted by Crippen LogP contribution is -2.13. The van der Waals surface area contributed by atoms with Gasteiger partial charge in [-0.2, -0.15) is 0 Å². The van der Waals surface area contributed by atoms with Crippen LogP contribution in [0.25, 0.3) is 0 Å². The van der Waals surface area contributed by atoms with Crippen LogP contribution in [0.1, 0.15) is 12.8 Å². The number of esters is 1. The van der Waals surface area contributed by atoms with Crippen molar-refractivity contribution in [2.45, 2.75) is 18.9 Å². The van der Waals surface area contributed by atoms with Crippen molar-refractivity contribution < 1.29 is 19.1 Å². The van der Waals surface area contributed by atoms with Crippen molar-refractivity contribution >= 4 is 12.3 Å². The molecule has 1 heterocycles. The van der Waals surface area contributed by atoms with E-state index in [9.17, 15) is 9.59 Å². The van der Waals surface area contributed by atoms with Crippen LogP contribution in [0.4, 0.5) is 0 Å². The van der Waals surface area contributed by atoms with E-state index < -0.39 is 0 Å². The first kappa shape index (κ1) is 9.19. The fraction of sp³-hybridized carbons (Fsp3) is 0.750. The van der Waals surface area contributed by atoms with E-state index in [1.54, 1.807) is 0 Å². The molecule has 0 bridgehead atoms. The highest BCUT2D eigenvalue weighted by Gasteiger charge is 2.26. The highest BCUT2D eigenvalue weighted by atomic mass is 16.5. The number of ether oxygens (including phenoxy) is 2. The van der Waals surface area contributed by atoms with Gasteiger partial charge in [0.05, 0.1) is 26.2 Å². The minimum Gasteiger partial charge on any atom is -0.469 e. The summed E-state index contributed by atoms with van der Waals surface area (Å²) in [6.07, 6.45) is 1.63. The molecule has 0 saturated carbocycles. The second kappa shape index (κ2) is 4.21. The standard InChI is InChI=1S/C8H12O4/c1-11-8(10)3-7-2-6(4-9)5-12-7/h4,6-7H,2-3,5H2,1H3. The minimum atomic E-state index is -0.286. The fourth-order valence-corrected chi connectivity index (χ4v) is 1.24. The Bertz CT molecular complexity index is 178. The molecule has 0 aromatic heterocycles. The topological polar surface area (TPSA) is 52.6 Å². The molecular formula is C8H12O4. The summed E-state index contributed by atoms with van der Waals surface area (Å²) in [5, 5.41) is 0. The molecule has 2 atom stereocenters. The van der Waals surface area contributed by atoms with E-state index in [1.807, 2.05) is 0 Å². The highest BCUT2D eigenvalue weighted by molar-refractivity contribution is 5.70. The third-order valence-electron chi connectivity index (χ3n) is 1.93. The van der Waals surface area contributed by atoms with Crippen molar-refractivity contribution in [3.8, 4) is 0 Å². The van der Waals surface area contributed by atoms with Gasteiger partial charge in [0, 0.05) is 5.92 Å². The molecule has 1 aliphatic heterocycles. The smallest absolute Gasteiger partial charge is 0.308 e.